The van der Waals surface area contributed by atoms with Gasteiger partial charge >= 0.3 is 5.97 Å². The molecule has 0 aliphatic carbocycles. The Morgan fingerprint density at radius 3 is 2.58 bits per heavy atom. The number of carboxylic acids is 1. The molecule has 6 atom stereocenters. The number of hydrazine groups is 1. The van der Waals surface area contributed by atoms with Gasteiger partial charge in [0.25, 0.3) is 5.91 Å². The molecule has 1 aliphatic heterocycles. The number of ether oxygens (including phenoxy) is 1. The average molecular weight is 616 g/mol. The number of nitrogens with one attached hydrogen (secondary N) is 3. The van der Waals surface area contributed by atoms with Crippen LogP contribution in [-0.2, 0) is 30.1 Å². The van der Waals surface area contributed by atoms with Crippen LogP contribution < -0.4 is 15.5 Å². The van der Waals surface area contributed by atoms with E-state index < -0.39 is 41.0 Å². The van der Waals surface area contributed by atoms with E-state index >= 15 is 0 Å². The summed E-state index contributed by atoms with van der Waals surface area (Å²) in [4.78, 5) is 42.0. The molecule has 1 saturated heterocycles. The summed E-state index contributed by atoms with van der Waals surface area (Å²) in [6, 6.07) is 8.18. The second kappa shape index (κ2) is 16.0. The van der Waals surface area contributed by atoms with Crippen LogP contribution in [0.25, 0.3) is 17.0 Å². The van der Waals surface area contributed by atoms with Gasteiger partial charge < -0.3 is 15.2 Å². The predicted octanol–water partition coefficient (Wildman–Crippen LogP) is 3.34. The largest absolute Gasteiger partial charge is 0.480 e. The number of rotatable bonds is 14. The predicted molar refractivity (Wildman–Crippen MR) is 168 cm³/mol. The number of amides is 2. The van der Waals surface area contributed by atoms with Crippen molar-refractivity contribution in [3.05, 3.63) is 47.7 Å². The molecule has 0 radical (unpaired) electrons. The molecule has 1 aromatic carbocycles. The summed E-state index contributed by atoms with van der Waals surface area (Å²) in [7, 11) is -1.10. The summed E-state index contributed by atoms with van der Waals surface area (Å²) in [5, 5.41) is 14.3. The monoisotopic (exact) mass is 615 g/mol. The van der Waals surface area contributed by atoms with Crippen molar-refractivity contribution in [3.8, 4) is 0 Å². The van der Waals surface area contributed by atoms with Crippen molar-refractivity contribution in [2.24, 2.45) is 11.8 Å². The van der Waals surface area contributed by atoms with Gasteiger partial charge in [0.1, 0.15) is 18.2 Å². The number of benzene rings is 1. The van der Waals surface area contributed by atoms with Crippen molar-refractivity contribution in [3.63, 3.8) is 0 Å². The van der Waals surface area contributed by atoms with Gasteiger partial charge in [-0.1, -0.05) is 58.0 Å². The molecule has 1 aromatic heterocycles. The molecule has 2 heterocycles. The zero-order valence-electron chi connectivity index (χ0n) is 25.8. The molecule has 0 bridgehead atoms. The third-order valence-corrected chi connectivity index (χ3v) is 8.39. The highest BCUT2D eigenvalue weighted by molar-refractivity contribution is 7.82. The van der Waals surface area contributed by atoms with Crippen molar-refractivity contribution < 1.29 is 28.4 Å². The van der Waals surface area contributed by atoms with Crippen LogP contribution in [0.1, 0.15) is 71.7 Å². The minimum absolute atomic E-state index is 0.00171. The molecule has 43 heavy (non-hydrogen) atoms. The van der Waals surface area contributed by atoms with Crippen LogP contribution in [-0.4, -0.2) is 74.2 Å². The standard InChI is InChI=1S/C31H45N5O6S/c1-7-43(41)35-21(5)25-15-14-24-13-12-23(17-27(24)33-25)11-10-20(4)18-42-28(19(2)3)29(37)32-22(6)30(38)36-16-8-9-26(34-36)31(39)40/h10-15,17,19-22,26,28,34-35H,7-9,16,18H2,1-6H3,(H,32,37)(H,39,40)/b11-10+/t20?,21-,22+,26+,28+,43-/m1/s1. The Labute approximate surface area is 256 Å². The van der Waals surface area contributed by atoms with Gasteiger partial charge in [-0.2, -0.15) is 0 Å². The Hall–Kier alpha value is -3.19. The van der Waals surface area contributed by atoms with Gasteiger partial charge in [0.15, 0.2) is 0 Å². The molecule has 0 spiro atoms. The van der Waals surface area contributed by atoms with E-state index in [9.17, 15) is 23.7 Å². The van der Waals surface area contributed by atoms with Gasteiger partial charge in [-0.3, -0.25) is 24.4 Å². The number of aromatic nitrogens is 1. The van der Waals surface area contributed by atoms with Crippen LogP contribution in [0.4, 0.5) is 0 Å². The molecule has 236 valence electrons. The highest BCUT2D eigenvalue weighted by Gasteiger charge is 2.32. The maximum atomic E-state index is 13.1. The lowest BCUT2D eigenvalue weighted by Crippen LogP contribution is -2.60. The Balaban J connectivity index is 1.57. The van der Waals surface area contributed by atoms with Crippen molar-refractivity contribution in [1.82, 2.24) is 25.5 Å². The molecule has 11 nitrogen and oxygen atoms in total. The number of hydrogen-bond donors (Lipinski definition) is 4. The average Bonchev–Trinajstić information content (AvgIpc) is 2.98. The summed E-state index contributed by atoms with van der Waals surface area (Å²) in [6.45, 7) is 11.8. The van der Waals surface area contributed by atoms with Gasteiger partial charge in [0.05, 0.1) is 34.8 Å². The molecule has 0 saturated carbocycles. The van der Waals surface area contributed by atoms with E-state index in [1.54, 1.807) is 6.92 Å². The lowest BCUT2D eigenvalue weighted by Gasteiger charge is -2.34. The summed E-state index contributed by atoms with van der Waals surface area (Å²) in [5.74, 6) is -1.39. The summed E-state index contributed by atoms with van der Waals surface area (Å²) < 4.78 is 21.0. The van der Waals surface area contributed by atoms with E-state index in [1.165, 1.54) is 5.01 Å². The Morgan fingerprint density at radius 1 is 1.19 bits per heavy atom. The van der Waals surface area contributed by atoms with Crippen LogP contribution >= 0.6 is 0 Å². The molecular formula is C31H45N5O6S. The number of carbonyl (C=O) groups is 3. The van der Waals surface area contributed by atoms with E-state index in [0.717, 1.165) is 22.2 Å². The van der Waals surface area contributed by atoms with E-state index in [0.29, 0.717) is 31.7 Å². The zero-order chi connectivity index (χ0) is 31.7. The molecule has 4 N–H and O–H groups in total. The summed E-state index contributed by atoms with van der Waals surface area (Å²) in [6.07, 6.45) is 4.26. The summed E-state index contributed by atoms with van der Waals surface area (Å²) in [5.41, 5.74) is 5.37. The topological polar surface area (TPSA) is 150 Å². The minimum Gasteiger partial charge on any atom is -0.480 e. The Bertz CT molecular complexity index is 1330. The van der Waals surface area contributed by atoms with Gasteiger partial charge in [-0.05, 0) is 56.2 Å². The highest BCUT2D eigenvalue weighted by atomic mass is 32.2. The maximum absolute atomic E-state index is 13.1. The Morgan fingerprint density at radius 2 is 1.91 bits per heavy atom. The number of carbonyl (C=O) groups excluding carboxylic acids is 2. The molecule has 1 aliphatic rings. The first-order chi connectivity index (χ1) is 20.4. The number of nitrogens with zero attached hydrogens (tertiary/aromatic N) is 2. The molecular weight excluding hydrogens is 570 g/mol. The molecule has 1 unspecified atom stereocenters. The Kier molecular flexibility index (Phi) is 12.8. The van der Waals surface area contributed by atoms with Gasteiger partial charge in [-0.15, -0.1) is 0 Å². The normalized spacial score (nSPS) is 19.2. The second-order valence-corrected chi connectivity index (χ2v) is 12.9. The van der Waals surface area contributed by atoms with Crippen LogP contribution in [0.3, 0.4) is 0 Å². The third-order valence-electron chi connectivity index (χ3n) is 7.25. The number of aliphatic carboxylic acids is 1. The van der Waals surface area contributed by atoms with E-state index in [-0.39, 0.29) is 23.8 Å². The smallest absolute Gasteiger partial charge is 0.322 e. The lowest BCUT2D eigenvalue weighted by atomic mass is 10.0. The molecule has 2 amide bonds. The van der Waals surface area contributed by atoms with Crippen LogP contribution in [0, 0.1) is 11.8 Å². The zero-order valence-corrected chi connectivity index (χ0v) is 26.6. The fourth-order valence-electron chi connectivity index (χ4n) is 4.71. The SMILES string of the molecule is CC[S@@](=O)N[C@H](C)c1ccc2ccc(/C=C/C(C)CO[C@H](C(=O)N[C@@H](C)C(=O)N3CCC[C@@H](C(=O)O)N3)C(C)C)cc2n1. The molecule has 1 fully saturated rings. The van der Waals surface area contributed by atoms with Gasteiger partial charge in [0, 0.05) is 17.7 Å². The van der Waals surface area contributed by atoms with Gasteiger partial charge in [0.2, 0.25) is 5.91 Å². The van der Waals surface area contributed by atoms with Gasteiger partial charge in [-0.25, -0.2) is 14.4 Å². The van der Waals surface area contributed by atoms with E-state index in [2.05, 4.69) is 15.5 Å². The quantitative estimate of drug-likeness (QED) is 0.253. The first kappa shape index (κ1) is 34.3. The first-order valence-corrected chi connectivity index (χ1v) is 16.2. The van der Waals surface area contributed by atoms with Crippen molar-refractivity contribution in [1.29, 1.82) is 0 Å². The molecule has 3 rings (SSSR count). The molecule has 2 aromatic rings. The van der Waals surface area contributed by atoms with Crippen molar-refractivity contribution in [2.75, 3.05) is 18.9 Å². The molecule has 12 heteroatoms. The number of hydrogen-bond acceptors (Lipinski definition) is 7. The first-order valence-electron chi connectivity index (χ1n) is 14.8. The highest BCUT2D eigenvalue weighted by Crippen LogP contribution is 2.20. The third kappa shape index (κ3) is 9.92. The number of carboxylic acid groups (broad SMARTS) is 1. The number of fused-ring (bicyclic) bond motifs is 1. The van der Waals surface area contributed by atoms with Crippen LogP contribution in [0.2, 0.25) is 0 Å². The maximum Gasteiger partial charge on any atom is 0.322 e. The van der Waals surface area contributed by atoms with E-state index in [1.807, 2.05) is 77.1 Å². The van der Waals surface area contributed by atoms with E-state index in [4.69, 9.17) is 9.72 Å². The fourth-order valence-corrected chi connectivity index (χ4v) is 5.39. The van der Waals surface area contributed by atoms with Crippen LogP contribution in [0.15, 0.2) is 36.4 Å². The van der Waals surface area contributed by atoms with Crippen molar-refractivity contribution in [2.45, 2.75) is 78.6 Å². The van der Waals surface area contributed by atoms with Crippen LogP contribution in [0.5, 0.6) is 0 Å². The lowest BCUT2D eigenvalue weighted by molar-refractivity contribution is -0.149. The second-order valence-electron chi connectivity index (χ2n) is 11.4. The summed E-state index contributed by atoms with van der Waals surface area (Å²) >= 11 is 0. The van der Waals surface area contributed by atoms with Crippen molar-refractivity contribution >= 4 is 45.7 Å². The fraction of sp³-hybridized carbons (Fsp3) is 0.548. The number of pyridine rings is 1. The minimum atomic E-state index is -1.10.